The monoisotopic (exact) mass is 1110 g/mol. The molecule has 5 nitrogen and oxygen atoms in total. The summed E-state index contributed by atoms with van der Waals surface area (Å²) >= 11 is 0. The van der Waals surface area contributed by atoms with Gasteiger partial charge in [0.15, 0.2) is 0 Å². The molecular weight excluding hydrogens is 1050 g/mol. The topological polar surface area (TPSA) is 38.4 Å². The van der Waals surface area contributed by atoms with Crippen molar-refractivity contribution in [3.05, 3.63) is 214 Å². The molecule has 0 unspecified atom stereocenters. The average molecular weight is 1110 g/mol. The first-order valence-electron chi connectivity index (χ1n) is 25.3. The number of fused-ring (bicyclic) bond motifs is 6. The van der Waals surface area contributed by atoms with E-state index in [0.717, 1.165) is 62.3 Å². The number of nitrogens with zero attached hydrogens (tertiary/aromatic N) is 5. The Kier molecular flexibility index (Phi) is 12.8. The minimum absolute atomic E-state index is 0. The van der Waals surface area contributed by atoms with Crippen LogP contribution in [0.2, 0.25) is 0 Å². The quantitative estimate of drug-likeness (QED) is 0.128. The molecule has 10 aromatic rings. The van der Waals surface area contributed by atoms with E-state index in [0.29, 0.717) is 11.8 Å². The zero-order chi connectivity index (χ0) is 48.6. The zero-order valence-electron chi connectivity index (χ0n) is 42.7. The van der Waals surface area contributed by atoms with Crippen LogP contribution in [0.4, 0.5) is 5.69 Å². The van der Waals surface area contributed by atoms with Gasteiger partial charge in [0, 0.05) is 40.6 Å². The molecule has 4 heterocycles. The van der Waals surface area contributed by atoms with Crippen molar-refractivity contribution in [2.75, 3.05) is 11.4 Å². The van der Waals surface area contributed by atoms with E-state index in [1.807, 2.05) is 12.3 Å². The third kappa shape index (κ3) is 8.54. The first-order chi connectivity index (χ1) is 33.7. The van der Waals surface area contributed by atoms with Crippen molar-refractivity contribution in [3.8, 4) is 11.4 Å². The second-order valence-electron chi connectivity index (χ2n) is 21.5. The fourth-order valence-corrected chi connectivity index (χ4v) is 11.0. The van der Waals surface area contributed by atoms with Crippen LogP contribution in [0.5, 0.6) is 0 Å². The number of aryl methyl sites for hydroxylation is 1. The molecule has 0 saturated carbocycles. The predicted octanol–water partition coefficient (Wildman–Crippen LogP) is 16.3. The van der Waals surface area contributed by atoms with Crippen molar-refractivity contribution in [2.24, 2.45) is 4.99 Å². The summed E-state index contributed by atoms with van der Waals surface area (Å²) in [5.41, 5.74) is 17.3. The van der Waals surface area contributed by atoms with Gasteiger partial charge >= 0.3 is 21.1 Å². The molecular formula is C65H63N5Pt. The second-order valence-corrected chi connectivity index (χ2v) is 21.5. The molecule has 0 N–H and O–H groups in total. The van der Waals surface area contributed by atoms with Gasteiger partial charge in [-0.15, -0.1) is 46.8 Å². The number of anilines is 1. The van der Waals surface area contributed by atoms with E-state index in [4.69, 9.17) is 9.98 Å². The summed E-state index contributed by atoms with van der Waals surface area (Å²) in [6, 6.07) is 64.1. The SMILES string of the molecule is Cc1ccc2c(c1)c1ccc(-n3c4ccc(C(C)(C)C)cc4c4cccnc43)[c-]c1n2-c1[c-]c(C2=N[C@H](C(c3ccccc3)c3ccccc3)CN2c2c(C(C)C)cccc2C(C)C)cc(C(C)C)c1.[Pt+2]. The number of benzene rings is 7. The van der Waals surface area contributed by atoms with Gasteiger partial charge in [-0.05, 0) is 99.3 Å². The van der Waals surface area contributed by atoms with Gasteiger partial charge in [0.2, 0.25) is 0 Å². The van der Waals surface area contributed by atoms with Crippen LogP contribution in [0.15, 0.2) is 163 Å². The molecule has 6 heteroatoms. The van der Waals surface area contributed by atoms with Crippen LogP contribution in [-0.2, 0) is 26.5 Å². The Bertz CT molecular complexity index is 3560. The summed E-state index contributed by atoms with van der Waals surface area (Å²) in [6.45, 7) is 23.6. The van der Waals surface area contributed by atoms with Crippen LogP contribution in [0.1, 0.15) is 130 Å². The van der Waals surface area contributed by atoms with E-state index < -0.39 is 0 Å². The van der Waals surface area contributed by atoms with Gasteiger partial charge in [0.05, 0.1) is 17.4 Å². The Balaban J connectivity index is 0.00000582. The number of aromatic nitrogens is 3. The standard InChI is InChI=1S/C65H63N5.Pt/c1-40(2)46-34-47(63-67-57(61(44-19-13-11-14-20-44)45-21-15-12-16-22-45)39-68(63)62-51(41(3)4)23-17-24-52(62)42(5)6)36-50(35-46)69-58-30-26-43(7)33-55(58)53-29-28-49(38-60(53)69)70-59-31-27-48(65(8,9)10)37-56(59)54-25-18-32-66-64(54)70;/h11-35,37,40-42,57,61H,39H2,1-10H3;/q-2;+2/t57-;/m0./s1. The van der Waals surface area contributed by atoms with Gasteiger partial charge in [0.25, 0.3) is 0 Å². The van der Waals surface area contributed by atoms with Crippen LogP contribution in [-0.4, -0.2) is 32.5 Å². The summed E-state index contributed by atoms with van der Waals surface area (Å²) in [4.78, 5) is 13.5. The molecule has 1 aliphatic heterocycles. The van der Waals surface area contributed by atoms with E-state index in [2.05, 4.69) is 241 Å². The molecule has 358 valence electrons. The Morgan fingerprint density at radius 2 is 1.21 bits per heavy atom. The average Bonchev–Trinajstić information content (AvgIpc) is 4.04. The van der Waals surface area contributed by atoms with Crippen molar-refractivity contribution in [1.29, 1.82) is 0 Å². The molecule has 0 fully saturated rings. The number of aliphatic imine (C=N–C) groups is 1. The van der Waals surface area contributed by atoms with E-state index in [9.17, 15) is 0 Å². The van der Waals surface area contributed by atoms with Crippen molar-refractivity contribution in [1.82, 2.24) is 14.1 Å². The smallest absolute Gasteiger partial charge is 0.363 e. The van der Waals surface area contributed by atoms with E-state index in [-0.39, 0.29) is 44.4 Å². The van der Waals surface area contributed by atoms with Crippen molar-refractivity contribution >= 4 is 55.3 Å². The van der Waals surface area contributed by atoms with Gasteiger partial charge in [-0.1, -0.05) is 176 Å². The molecule has 71 heavy (non-hydrogen) atoms. The number of hydrogen-bond donors (Lipinski definition) is 0. The largest absolute Gasteiger partial charge is 2.00 e. The molecule has 0 saturated heterocycles. The molecule has 0 spiro atoms. The molecule has 0 amide bonds. The second kappa shape index (κ2) is 18.9. The van der Waals surface area contributed by atoms with Gasteiger partial charge in [-0.25, -0.2) is 4.98 Å². The minimum atomic E-state index is -0.0639. The summed E-state index contributed by atoms with van der Waals surface area (Å²) in [5, 5.41) is 4.68. The molecule has 3 aromatic heterocycles. The number of pyridine rings is 1. The Labute approximate surface area is 434 Å². The molecule has 1 aliphatic rings. The van der Waals surface area contributed by atoms with Gasteiger partial charge < -0.3 is 19.0 Å². The normalized spacial score (nSPS) is 14.3. The van der Waals surface area contributed by atoms with Crippen molar-refractivity contribution in [3.63, 3.8) is 0 Å². The molecule has 0 aliphatic carbocycles. The first-order valence-corrected chi connectivity index (χ1v) is 25.3. The maximum atomic E-state index is 5.94. The fourth-order valence-electron chi connectivity index (χ4n) is 11.0. The molecule has 1 atom stereocenters. The summed E-state index contributed by atoms with van der Waals surface area (Å²) in [7, 11) is 0. The Morgan fingerprint density at radius 1 is 0.563 bits per heavy atom. The van der Waals surface area contributed by atoms with E-state index in [1.54, 1.807) is 0 Å². The molecule has 0 radical (unpaired) electrons. The summed E-state index contributed by atoms with van der Waals surface area (Å²) in [5.74, 6) is 1.88. The van der Waals surface area contributed by atoms with Gasteiger partial charge in [-0.2, -0.15) is 6.07 Å². The van der Waals surface area contributed by atoms with Gasteiger partial charge in [-0.3, -0.25) is 0 Å². The molecule has 7 aromatic carbocycles. The van der Waals surface area contributed by atoms with Crippen LogP contribution in [0.3, 0.4) is 0 Å². The van der Waals surface area contributed by atoms with Crippen LogP contribution in [0.25, 0.3) is 55.1 Å². The van der Waals surface area contributed by atoms with Crippen LogP contribution < -0.4 is 4.90 Å². The van der Waals surface area contributed by atoms with E-state index in [1.165, 1.54) is 55.4 Å². The number of para-hydroxylation sites is 1. The van der Waals surface area contributed by atoms with Crippen molar-refractivity contribution < 1.29 is 21.1 Å². The molecule has 11 rings (SSSR count). The summed E-state index contributed by atoms with van der Waals surface area (Å²) in [6.07, 6.45) is 1.90. The molecule has 0 bridgehead atoms. The number of amidine groups is 1. The van der Waals surface area contributed by atoms with Crippen LogP contribution in [0, 0.1) is 19.1 Å². The Hall–Kier alpha value is -6.55. The zero-order valence-corrected chi connectivity index (χ0v) is 44.9. The van der Waals surface area contributed by atoms with E-state index >= 15 is 0 Å². The maximum absolute atomic E-state index is 5.94. The van der Waals surface area contributed by atoms with Crippen LogP contribution >= 0.6 is 0 Å². The number of rotatable bonds is 10. The predicted molar refractivity (Wildman–Crippen MR) is 295 cm³/mol. The third-order valence-electron chi connectivity index (χ3n) is 14.7. The van der Waals surface area contributed by atoms with Gasteiger partial charge in [0.1, 0.15) is 5.65 Å². The Morgan fingerprint density at radius 3 is 1.86 bits per heavy atom. The first kappa shape index (κ1) is 48.1. The number of hydrogen-bond acceptors (Lipinski definition) is 3. The van der Waals surface area contributed by atoms with Crippen molar-refractivity contribution in [2.45, 2.75) is 104 Å². The maximum Gasteiger partial charge on any atom is 2.00 e. The third-order valence-corrected chi connectivity index (χ3v) is 14.7. The minimum Gasteiger partial charge on any atom is -0.363 e. The summed E-state index contributed by atoms with van der Waals surface area (Å²) < 4.78 is 4.70. The fraction of sp³-hybridized carbons (Fsp3) is 0.262.